The van der Waals surface area contributed by atoms with Crippen molar-refractivity contribution in [1.82, 2.24) is 0 Å². The van der Waals surface area contributed by atoms with Gasteiger partial charge in [0.15, 0.2) is 0 Å². The first-order valence-corrected chi connectivity index (χ1v) is 3.09. The zero-order chi connectivity index (χ0) is 8.15. The topological polar surface area (TPSA) is 23.9 Å². The predicted molar refractivity (Wildman–Crippen MR) is 38.0 cm³/mol. The van der Waals surface area contributed by atoms with Crippen LogP contribution in [0.25, 0.3) is 0 Å². The number of nitrogens with one attached hydrogen (secondary N) is 1. The Balaban J connectivity index is 3.79. The van der Waals surface area contributed by atoms with Gasteiger partial charge in [-0.3, -0.25) is 0 Å². The van der Waals surface area contributed by atoms with E-state index in [1.807, 2.05) is 0 Å². The molecule has 2 unspecified atom stereocenters. The lowest BCUT2D eigenvalue weighted by Crippen LogP contribution is -2.06. The minimum Gasteiger partial charge on any atom is -0.302 e. The molecule has 0 heterocycles. The molecular weight excluding hydrogens is 136 g/mol. The summed E-state index contributed by atoms with van der Waals surface area (Å²) >= 11 is 0. The Kier molecular flexibility index (Phi) is 3.84. The first-order chi connectivity index (χ1) is 4.54. The van der Waals surface area contributed by atoms with E-state index in [1.165, 1.54) is 13.8 Å². The van der Waals surface area contributed by atoms with Gasteiger partial charge in [0.05, 0.1) is 5.71 Å². The molecule has 0 aliphatic rings. The van der Waals surface area contributed by atoms with Crippen molar-refractivity contribution in [2.45, 2.75) is 26.2 Å². The summed E-state index contributed by atoms with van der Waals surface area (Å²) in [5.74, 6) is 0. The molecule has 0 saturated heterocycles. The monoisotopic (exact) mass is 147 g/mol. The van der Waals surface area contributed by atoms with Crippen LogP contribution in [0.3, 0.4) is 0 Å². The van der Waals surface area contributed by atoms with Gasteiger partial charge < -0.3 is 5.41 Å². The Labute approximate surface area is 59.3 Å². The first-order valence-electron chi connectivity index (χ1n) is 3.09. The fraction of sp³-hybridized carbons (Fsp3) is 0.571. The molecule has 0 fully saturated rings. The standard InChI is InChI=1S/C7H11F2N/c1-5(8)3-4-7(10)6(2)9/h3-6,10H,1-2H3/b4-3-,10-7?. The van der Waals surface area contributed by atoms with Gasteiger partial charge in [0.2, 0.25) is 0 Å². The third-order valence-corrected chi connectivity index (χ3v) is 0.970. The summed E-state index contributed by atoms with van der Waals surface area (Å²) in [6.07, 6.45) is -0.123. The highest BCUT2D eigenvalue weighted by Crippen LogP contribution is 1.95. The normalized spacial score (nSPS) is 17.2. The van der Waals surface area contributed by atoms with E-state index in [0.717, 1.165) is 12.2 Å². The van der Waals surface area contributed by atoms with Crippen molar-refractivity contribution < 1.29 is 8.78 Å². The van der Waals surface area contributed by atoms with Crippen LogP contribution in [0.2, 0.25) is 0 Å². The van der Waals surface area contributed by atoms with Gasteiger partial charge in [0.1, 0.15) is 12.3 Å². The van der Waals surface area contributed by atoms with Gasteiger partial charge in [-0.1, -0.05) is 0 Å². The van der Waals surface area contributed by atoms with E-state index >= 15 is 0 Å². The smallest absolute Gasteiger partial charge is 0.138 e. The van der Waals surface area contributed by atoms with Crippen LogP contribution in [0.5, 0.6) is 0 Å². The van der Waals surface area contributed by atoms with Gasteiger partial charge in [0.25, 0.3) is 0 Å². The molecular formula is C7H11F2N. The van der Waals surface area contributed by atoms with Crippen LogP contribution >= 0.6 is 0 Å². The molecule has 0 aromatic carbocycles. The van der Waals surface area contributed by atoms with Gasteiger partial charge >= 0.3 is 0 Å². The molecule has 1 N–H and O–H groups in total. The molecule has 0 aromatic rings. The van der Waals surface area contributed by atoms with Crippen LogP contribution in [0.4, 0.5) is 8.78 Å². The average molecular weight is 147 g/mol. The Bertz CT molecular complexity index is 139. The SMILES string of the molecule is CC(F)/C=C\C(=N)C(C)F. The van der Waals surface area contributed by atoms with Crippen LogP contribution in [0.15, 0.2) is 12.2 Å². The predicted octanol–water partition coefficient (Wildman–Crippen LogP) is 2.28. The zero-order valence-electron chi connectivity index (χ0n) is 6.07. The molecule has 10 heavy (non-hydrogen) atoms. The lowest BCUT2D eigenvalue weighted by Gasteiger charge is -1.96. The van der Waals surface area contributed by atoms with Gasteiger partial charge in [-0.25, -0.2) is 8.78 Å². The lowest BCUT2D eigenvalue weighted by molar-refractivity contribution is 0.429. The zero-order valence-corrected chi connectivity index (χ0v) is 6.07. The lowest BCUT2D eigenvalue weighted by atomic mass is 10.2. The largest absolute Gasteiger partial charge is 0.302 e. The highest BCUT2D eigenvalue weighted by molar-refractivity contribution is 5.95. The van der Waals surface area contributed by atoms with Gasteiger partial charge in [-0.15, -0.1) is 0 Å². The van der Waals surface area contributed by atoms with Crippen molar-refractivity contribution >= 4 is 5.71 Å². The highest BCUT2D eigenvalue weighted by atomic mass is 19.1. The van der Waals surface area contributed by atoms with Crippen LogP contribution in [0, 0.1) is 5.41 Å². The van der Waals surface area contributed by atoms with E-state index in [2.05, 4.69) is 0 Å². The van der Waals surface area contributed by atoms with Gasteiger partial charge in [-0.05, 0) is 26.0 Å². The number of rotatable bonds is 3. The van der Waals surface area contributed by atoms with Gasteiger partial charge in [0, 0.05) is 0 Å². The third kappa shape index (κ3) is 4.18. The maximum atomic E-state index is 12.1. The third-order valence-electron chi connectivity index (χ3n) is 0.970. The summed E-state index contributed by atoms with van der Waals surface area (Å²) in [5, 5.41) is 6.91. The van der Waals surface area contributed by atoms with E-state index in [4.69, 9.17) is 5.41 Å². The molecule has 0 radical (unpaired) electrons. The maximum absolute atomic E-state index is 12.1. The average Bonchev–Trinajstić information content (AvgIpc) is 1.82. The van der Waals surface area contributed by atoms with E-state index in [0.29, 0.717) is 0 Å². The maximum Gasteiger partial charge on any atom is 0.138 e. The molecule has 0 spiro atoms. The summed E-state index contributed by atoms with van der Waals surface area (Å²) in [5.41, 5.74) is -0.190. The second kappa shape index (κ2) is 4.14. The van der Waals surface area contributed by atoms with Crippen molar-refractivity contribution in [1.29, 1.82) is 5.41 Å². The minimum absolute atomic E-state index is 0.190. The molecule has 0 aliphatic heterocycles. The van der Waals surface area contributed by atoms with Crippen molar-refractivity contribution in [3.8, 4) is 0 Å². The summed E-state index contributed by atoms with van der Waals surface area (Å²) < 4.78 is 24.2. The Morgan fingerprint density at radius 1 is 1.40 bits per heavy atom. The van der Waals surface area contributed by atoms with E-state index in [1.54, 1.807) is 0 Å². The number of halogens is 2. The number of hydrogen-bond donors (Lipinski definition) is 1. The van der Waals surface area contributed by atoms with Crippen molar-refractivity contribution in [2.75, 3.05) is 0 Å². The molecule has 0 aromatic heterocycles. The molecule has 0 saturated carbocycles. The van der Waals surface area contributed by atoms with Gasteiger partial charge in [-0.2, -0.15) is 0 Å². The molecule has 0 amide bonds. The number of alkyl halides is 2. The molecule has 0 aliphatic carbocycles. The van der Waals surface area contributed by atoms with E-state index in [-0.39, 0.29) is 5.71 Å². The second-order valence-corrected chi connectivity index (χ2v) is 2.11. The second-order valence-electron chi connectivity index (χ2n) is 2.11. The number of allylic oxidation sites excluding steroid dienone is 2. The van der Waals surface area contributed by atoms with Crippen LogP contribution in [-0.2, 0) is 0 Å². The summed E-state index contributed by atoms with van der Waals surface area (Å²) in [7, 11) is 0. The highest BCUT2D eigenvalue weighted by Gasteiger charge is 2.01. The molecule has 0 rings (SSSR count). The quantitative estimate of drug-likeness (QED) is 0.592. The van der Waals surface area contributed by atoms with Crippen molar-refractivity contribution in [3.05, 3.63) is 12.2 Å². The molecule has 2 atom stereocenters. The van der Waals surface area contributed by atoms with Crippen molar-refractivity contribution in [3.63, 3.8) is 0 Å². The Morgan fingerprint density at radius 3 is 2.20 bits per heavy atom. The van der Waals surface area contributed by atoms with E-state index < -0.39 is 12.3 Å². The molecule has 0 bridgehead atoms. The van der Waals surface area contributed by atoms with Crippen LogP contribution in [0.1, 0.15) is 13.8 Å². The fourth-order valence-corrected chi connectivity index (χ4v) is 0.369. The van der Waals surface area contributed by atoms with Crippen molar-refractivity contribution in [2.24, 2.45) is 0 Å². The Hall–Kier alpha value is -0.730. The molecule has 58 valence electrons. The summed E-state index contributed by atoms with van der Waals surface area (Å²) in [6.45, 7) is 2.57. The first kappa shape index (κ1) is 9.27. The summed E-state index contributed by atoms with van der Waals surface area (Å²) in [6, 6.07) is 0. The van der Waals surface area contributed by atoms with Crippen LogP contribution in [-0.4, -0.2) is 18.1 Å². The molecule has 3 heteroatoms. The van der Waals surface area contributed by atoms with E-state index in [9.17, 15) is 8.78 Å². The fourth-order valence-electron chi connectivity index (χ4n) is 0.369. The Morgan fingerprint density at radius 2 is 1.90 bits per heavy atom. The molecule has 1 nitrogen and oxygen atoms in total. The van der Waals surface area contributed by atoms with Crippen LogP contribution < -0.4 is 0 Å². The summed E-state index contributed by atoms with van der Waals surface area (Å²) in [4.78, 5) is 0. The minimum atomic E-state index is -1.31. The number of hydrogen-bond acceptors (Lipinski definition) is 1.